The van der Waals surface area contributed by atoms with Crippen molar-refractivity contribution in [2.45, 2.75) is 58.3 Å². The lowest BCUT2D eigenvalue weighted by Gasteiger charge is -2.25. The highest BCUT2D eigenvalue weighted by molar-refractivity contribution is 14.0. The summed E-state index contributed by atoms with van der Waals surface area (Å²) >= 11 is 0. The number of methoxy groups -OCH3 is 1. The van der Waals surface area contributed by atoms with Crippen LogP contribution in [0.3, 0.4) is 0 Å². The van der Waals surface area contributed by atoms with Gasteiger partial charge >= 0.3 is 0 Å². The monoisotopic (exact) mass is 502 g/mol. The average Bonchev–Trinajstić information content (AvgIpc) is 3.25. The molecule has 0 radical (unpaired) electrons. The van der Waals surface area contributed by atoms with Gasteiger partial charge < -0.3 is 19.9 Å². The molecule has 0 amide bonds. The first-order valence-electron chi connectivity index (χ1n) is 9.56. The molecule has 3 rings (SSSR count). The van der Waals surface area contributed by atoms with E-state index in [1.165, 1.54) is 0 Å². The van der Waals surface area contributed by atoms with E-state index in [9.17, 15) is 0 Å². The van der Waals surface area contributed by atoms with E-state index in [1.54, 1.807) is 7.11 Å². The minimum Gasteiger partial charge on any atom is -0.377 e. The minimum absolute atomic E-state index is 0. The van der Waals surface area contributed by atoms with Crippen molar-refractivity contribution in [3.8, 4) is 0 Å². The van der Waals surface area contributed by atoms with Crippen LogP contribution >= 0.6 is 24.0 Å². The first-order chi connectivity index (χ1) is 13.2. The van der Waals surface area contributed by atoms with Crippen molar-refractivity contribution in [3.05, 3.63) is 29.9 Å². The molecule has 0 spiro atoms. The molecule has 2 N–H and O–H groups in total. The van der Waals surface area contributed by atoms with E-state index in [-0.39, 0.29) is 24.0 Å². The molecule has 0 saturated heterocycles. The largest absolute Gasteiger partial charge is 0.377 e. The minimum atomic E-state index is 0. The quantitative estimate of drug-likeness (QED) is 0.246. The van der Waals surface area contributed by atoms with Gasteiger partial charge in [0, 0.05) is 52.1 Å². The summed E-state index contributed by atoms with van der Waals surface area (Å²) in [5.74, 6) is 3.71. The third-order valence-electron chi connectivity index (χ3n) is 4.78. The number of nitrogens with one attached hydrogen (secondary N) is 2. The maximum atomic E-state index is 5.12. The third-order valence-corrected chi connectivity index (χ3v) is 4.78. The molecular weight excluding hydrogens is 471 g/mol. The number of nitrogens with zero attached hydrogens (tertiary/aromatic N) is 6. The predicted octanol–water partition coefficient (Wildman–Crippen LogP) is 1.51. The number of ether oxygens (including phenoxy) is 1. The van der Waals surface area contributed by atoms with E-state index < -0.39 is 0 Å². The van der Waals surface area contributed by atoms with Crippen molar-refractivity contribution in [3.63, 3.8) is 0 Å². The van der Waals surface area contributed by atoms with Gasteiger partial charge in [0.05, 0.1) is 6.54 Å². The van der Waals surface area contributed by atoms with Crippen LogP contribution in [0.1, 0.15) is 36.7 Å². The first kappa shape index (κ1) is 22.6. The molecule has 10 heteroatoms. The second-order valence-electron chi connectivity index (χ2n) is 6.81. The van der Waals surface area contributed by atoms with Crippen molar-refractivity contribution in [1.82, 2.24) is 34.9 Å². The van der Waals surface area contributed by atoms with Crippen molar-refractivity contribution < 1.29 is 4.74 Å². The Hall–Kier alpha value is -1.69. The summed E-state index contributed by atoms with van der Waals surface area (Å²) in [5.41, 5.74) is 0. The average molecular weight is 502 g/mol. The smallest absolute Gasteiger partial charge is 0.191 e. The molecule has 1 aliphatic heterocycles. The molecule has 0 aromatic carbocycles. The number of rotatable bonds is 8. The number of aryl methyl sites for hydroxylation is 3. The predicted molar refractivity (Wildman–Crippen MR) is 119 cm³/mol. The van der Waals surface area contributed by atoms with Crippen LogP contribution < -0.4 is 10.6 Å². The molecule has 9 nitrogen and oxygen atoms in total. The van der Waals surface area contributed by atoms with Gasteiger partial charge in [-0.3, -0.25) is 4.99 Å². The number of halogens is 1. The summed E-state index contributed by atoms with van der Waals surface area (Å²) in [6.07, 6.45) is 8.00. The Labute approximate surface area is 183 Å². The van der Waals surface area contributed by atoms with Crippen molar-refractivity contribution in [1.29, 1.82) is 0 Å². The second kappa shape index (κ2) is 11.3. The molecule has 1 aliphatic rings. The number of aromatic nitrogens is 5. The summed E-state index contributed by atoms with van der Waals surface area (Å²) in [5, 5.41) is 11.4. The fraction of sp³-hybridized carbons (Fsp3) is 0.667. The van der Waals surface area contributed by atoms with Crippen LogP contribution in [0.5, 0.6) is 0 Å². The highest BCUT2D eigenvalue weighted by Gasteiger charge is 2.22. The maximum absolute atomic E-state index is 5.12. The Kier molecular flexibility index (Phi) is 9.16. The number of imidazole rings is 1. The van der Waals surface area contributed by atoms with Gasteiger partial charge in [0.15, 0.2) is 11.8 Å². The number of guanidine groups is 1. The fourth-order valence-electron chi connectivity index (χ4n) is 3.31. The highest BCUT2D eigenvalue weighted by Crippen LogP contribution is 2.13. The van der Waals surface area contributed by atoms with Gasteiger partial charge in [-0.25, -0.2) is 14.6 Å². The summed E-state index contributed by atoms with van der Waals surface area (Å²) < 4.78 is 9.29. The second-order valence-corrected chi connectivity index (χ2v) is 6.81. The van der Waals surface area contributed by atoms with Crippen LogP contribution in [0.15, 0.2) is 17.4 Å². The third kappa shape index (κ3) is 6.16. The Morgan fingerprint density at radius 1 is 1.39 bits per heavy atom. The van der Waals surface area contributed by atoms with Crippen molar-refractivity contribution in [2.75, 3.05) is 20.7 Å². The van der Waals surface area contributed by atoms with Crippen LogP contribution in [-0.2, 0) is 30.9 Å². The molecule has 2 aromatic rings. The Morgan fingerprint density at radius 3 is 2.96 bits per heavy atom. The molecule has 1 atom stereocenters. The van der Waals surface area contributed by atoms with Crippen LogP contribution in [0.25, 0.3) is 0 Å². The Bertz CT molecular complexity index is 757. The van der Waals surface area contributed by atoms with Gasteiger partial charge in [-0.05, 0) is 26.2 Å². The van der Waals surface area contributed by atoms with Gasteiger partial charge in [0.2, 0.25) is 0 Å². The first-order valence-corrected chi connectivity index (χ1v) is 9.56. The van der Waals surface area contributed by atoms with Crippen LogP contribution in [0, 0.1) is 6.92 Å². The number of fused-ring (bicyclic) bond motifs is 1. The van der Waals surface area contributed by atoms with Crippen LogP contribution in [-0.4, -0.2) is 57.0 Å². The molecule has 2 aromatic heterocycles. The number of unbranched alkanes of at least 4 members (excludes halogenated alkanes) is 1. The zero-order valence-corrected chi connectivity index (χ0v) is 19.2. The number of aliphatic imine (C=N–C) groups is 1. The molecule has 0 aliphatic carbocycles. The number of hydrogen-bond donors (Lipinski definition) is 2. The summed E-state index contributed by atoms with van der Waals surface area (Å²) in [7, 11) is 3.47. The topological polar surface area (TPSA) is 94.2 Å². The van der Waals surface area contributed by atoms with E-state index in [1.807, 2.05) is 31.0 Å². The molecular formula is C18H31IN8O. The van der Waals surface area contributed by atoms with Gasteiger partial charge in [0.1, 0.15) is 18.3 Å². The Balaban J connectivity index is 0.00000280. The molecule has 28 heavy (non-hydrogen) atoms. The lowest BCUT2D eigenvalue weighted by Crippen LogP contribution is -2.47. The van der Waals surface area contributed by atoms with E-state index in [4.69, 9.17) is 4.74 Å². The fourth-order valence-corrected chi connectivity index (χ4v) is 3.31. The van der Waals surface area contributed by atoms with Crippen molar-refractivity contribution in [2.24, 2.45) is 4.99 Å². The molecule has 0 fully saturated rings. The molecule has 0 bridgehead atoms. The van der Waals surface area contributed by atoms with E-state index in [2.05, 4.69) is 35.3 Å². The summed E-state index contributed by atoms with van der Waals surface area (Å²) in [6, 6.07) is 0.300. The van der Waals surface area contributed by atoms with Crippen LogP contribution in [0.4, 0.5) is 0 Å². The standard InChI is InChI=1S/C18H30N8O.HI/c1-14-20-9-11-25(14)10-5-4-8-21-18(19-2)22-15-6-7-17-23-16(13-27-3)24-26(17)12-15;/h9,11,15H,4-8,10,12-13H2,1-3H3,(H2,19,21,22);1H. The zero-order valence-electron chi connectivity index (χ0n) is 16.9. The van der Waals surface area contributed by atoms with Gasteiger partial charge in [-0.2, -0.15) is 5.10 Å². The zero-order chi connectivity index (χ0) is 19.1. The van der Waals surface area contributed by atoms with E-state index in [0.717, 1.165) is 68.8 Å². The summed E-state index contributed by atoms with van der Waals surface area (Å²) in [6.45, 7) is 5.19. The van der Waals surface area contributed by atoms with Crippen molar-refractivity contribution >= 4 is 29.9 Å². The number of hydrogen-bond acceptors (Lipinski definition) is 5. The Morgan fingerprint density at radius 2 is 2.25 bits per heavy atom. The van der Waals surface area contributed by atoms with E-state index >= 15 is 0 Å². The molecule has 156 valence electrons. The molecule has 3 heterocycles. The maximum Gasteiger partial charge on any atom is 0.191 e. The molecule has 1 unspecified atom stereocenters. The van der Waals surface area contributed by atoms with Crippen LogP contribution in [0.2, 0.25) is 0 Å². The van der Waals surface area contributed by atoms with Gasteiger partial charge in [-0.15, -0.1) is 24.0 Å². The molecule has 0 saturated carbocycles. The highest BCUT2D eigenvalue weighted by atomic mass is 127. The summed E-state index contributed by atoms with van der Waals surface area (Å²) in [4.78, 5) is 13.1. The van der Waals surface area contributed by atoms with Gasteiger partial charge in [-0.1, -0.05) is 0 Å². The van der Waals surface area contributed by atoms with Gasteiger partial charge in [0.25, 0.3) is 0 Å². The SMILES string of the molecule is CN=C(NCCCCn1ccnc1C)NC1CCc2nc(COC)nn2C1.I. The lowest BCUT2D eigenvalue weighted by molar-refractivity contribution is 0.177. The van der Waals surface area contributed by atoms with E-state index in [0.29, 0.717) is 12.6 Å². The normalized spacial score (nSPS) is 16.4. The lowest BCUT2D eigenvalue weighted by atomic mass is 10.1.